The van der Waals surface area contributed by atoms with Crippen LogP contribution >= 0.6 is 0 Å². The monoisotopic (exact) mass is 397 g/mol. The van der Waals surface area contributed by atoms with E-state index in [1.807, 2.05) is 42.5 Å². The van der Waals surface area contributed by atoms with Gasteiger partial charge in [0.05, 0.1) is 5.75 Å². The van der Waals surface area contributed by atoms with Crippen molar-refractivity contribution >= 4 is 10.9 Å². The molecule has 0 aliphatic rings. The van der Waals surface area contributed by atoms with Gasteiger partial charge in [-0.25, -0.2) is 4.39 Å². The number of halogens is 1. The van der Waals surface area contributed by atoms with Crippen LogP contribution in [0.15, 0.2) is 66.7 Å². The molecule has 0 spiro atoms. The van der Waals surface area contributed by atoms with Crippen molar-refractivity contribution in [1.29, 1.82) is 0 Å². The van der Waals surface area contributed by atoms with E-state index in [9.17, 15) is 4.39 Å². The van der Waals surface area contributed by atoms with Crippen LogP contribution in [0.4, 0.5) is 4.39 Å². The molecule has 0 fully saturated rings. The van der Waals surface area contributed by atoms with Crippen LogP contribution < -0.4 is 34.3 Å². The Morgan fingerprint density at radius 1 is 1.03 bits per heavy atom. The molecule has 0 atom stereocenters. The predicted octanol–water partition coefficient (Wildman–Crippen LogP) is 3.83. The molecule has 144 valence electrons. The van der Waals surface area contributed by atoms with Crippen LogP contribution in [-0.2, 0) is 6.61 Å². The van der Waals surface area contributed by atoms with Crippen molar-refractivity contribution in [2.45, 2.75) is 33.3 Å². The van der Waals surface area contributed by atoms with Gasteiger partial charge in [0.15, 0.2) is 0 Å². The number of hydrogen-bond acceptors (Lipinski definition) is 1. The van der Waals surface area contributed by atoms with Gasteiger partial charge in [0.25, 0.3) is 0 Å². The normalized spacial score (nSPS) is 10.9. The van der Waals surface area contributed by atoms with Gasteiger partial charge in [-0.15, -0.1) is 6.07 Å². The third kappa shape index (κ3) is 4.58. The van der Waals surface area contributed by atoms with E-state index in [-0.39, 0.29) is 42.7 Å². The molecule has 1 aromatic heterocycles. The molecule has 0 aliphatic heterocycles. The molecule has 0 bridgehead atoms. The fourth-order valence-electron chi connectivity index (χ4n) is 3.41. The number of ether oxygens (including phenoxy) is 1. The molecule has 29 heavy (non-hydrogen) atoms. The quantitative estimate of drug-likeness (QED) is 0.369. The number of rotatable bonds is 5. The van der Waals surface area contributed by atoms with Crippen LogP contribution in [0.1, 0.15) is 38.0 Å². The zero-order valence-electron chi connectivity index (χ0n) is 17.4. The van der Waals surface area contributed by atoms with Crippen molar-refractivity contribution in [2.75, 3.05) is 0 Å². The first-order valence-corrected chi connectivity index (χ1v) is 9.54. The number of benzene rings is 3. The molecular formula is C25H25FNNaO. The van der Waals surface area contributed by atoms with Crippen LogP contribution in [0.5, 0.6) is 5.75 Å². The number of hydrogen-bond donors (Lipinski definition) is 0. The molecule has 4 heteroatoms. The second kappa shape index (κ2) is 9.17. The smallest absolute Gasteiger partial charge is 0.502 e. The molecule has 0 radical (unpaired) electrons. The molecule has 0 N–H and O–H groups in total. The largest absolute Gasteiger partial charge is 1.00 e. The number of nitrogens with zero attached hydrogens (tertiary/aromatic N) is 1. The second-order valence-corrected chi connectivity index (χ2v) is 7.39. The van der Waals surface area contributed by atoms with Gasteiger partial charge in [-0.1, -0.05) is 55.8 Å². The van der Waals surface area contributed by atoms with E-state index < -0.39 is 0 Å². The van der Waals surface area contributed by atoms with Gasteiger partial charge in [0.1, 0.15) is 12.4 Å². The van der Waals surface area contributed by atoms with E-state index in [0.29, 0.717) is 12.2 Å². The van der Waals surface area contributed by atoms with Gasteiger partial charge >= 0.3 is 29.6 Å². The fourth-order valence-corrected chi connectivity index (χ4v) is 3.41. The van der Waals surface area contributed by atoms with Crippen molar-refractivity contribution in [1.82, 2.24) is 4.57 Å². The Hall–Kier alpha value is -2.07. The Morgan fingerprint density at radius 2 is 1.79 bits per heavy atom. The molecule has 3 aromatic carbocycles. The zero-order chi connectivity index (χ0) is 19.7. The second-order valence-electron chi connectivity index (χ2n) is 7.39. The van der Waals surface area contributed by atoms with Gasteiger partial charge < -0.3 is 9.30 Å². The first kappa shape index (κ1) is 21.6. The van der Waals surface area contributed by atoms with Crippen molar-refractivity contribution in [3.05, 3.63) is 95.4 Å². The Labute approximate surface area is 195 Å². The summed E-state index contributed by atoms with van der Waals surface area (Å²) >= 11 is 0. The number of fused-ring (bicyclic) bond motifs is 1. The molecule has 0 saturated heterocycles. The number of aryl methyl sites for hydroxylation is 1. The molecule has 0 aliphatic carbocycles. The predicted molar refractivity (Wildman–Crippen MR) is 114 cm³/mol. The summed E-state index contributed by atoms with van der Waals surface area (Å²) in [6, 6.07) is 24.9. The topological polar surface area (TPSA) is 14.2 Å². The minimum Gasteiger partial charge on any atom is -0.502 e. The summed E-state index contributed by atoms with van der Waals surface area (Å²) in [5, 5.41) is 0.997. The van der Waals surface area contributed by atoms with Gasteiger partial charge in [-0.3, -0.25) is 0 Å². The maximum atomic E-state index is 13.8. The average molecular weight is 397 g/mol. The Balaban J connectivity index is 0.00000160. The van der Waals surface area contributed by atoms with Crippen LogP contribution in [0.25, 0.3) is 16.6 Å². The summed E-state index contributed by atoms with van der Waals surface area (Å²) in [6.45, 7) is 6.61. The maximum absolute atomic E-state index is 13.8. The third-order valence-electron chi connectivity index (χ3n) is 4.91. The fraction of sp³-hybridized carbons (Fsp3) is 0.200. The molecule has 0 unspecified atom stereocenters. The summed E-state index contributed by atoms with van der Waals surface area (Å²) in [5.41, 5.74) is 4.83. The summed E-state index contributed by atoms with van der Waals surface area (Å²) in [5.74, 6) is 0.911. The third-order valence-corrected chi connectivity index (χ3v) is 4.91. The van der Waals surface area contributed by atoms with Crippen molar-refractivity contribution < 1.29 is 40.1 Å². The average Bonchev–Trinajstić information content (AvgIpc) is 3.08. The minimum absolute atomic E-state index is 0. The van der Waals surface area contributed by atoms with E-state index in [0.717, 1.165) is 33.6 Å². The molecule has 0 saturated carbocycles. The zero-order valence-corrected chi connectivity index (χ0v) is 19.4. The standard InChI is InChI=1S/C25H23FNO.Na.H2/c1-17(2)25-15-20-14-22(28-16-19-7-5-4-6-8-19)10-12-24(20)27(25)21-9-11-23(26)18(3)13-21;;/h4-14,17H,16H2,1-3H3;;1H/q-1;+1;. The van der Waals surface area contributed by atoms with E-state index in [1.165, 1.54) is 6.07 Å². The summed E-state index contributed by atoms with van der Waals surface area (Å²) in [6.07, 6.45) is 0. The van der Waals surface area contributed by atoms with Crippen LogP contribution in [-0.4, -0.2) is 4.57 Å². The summed E-state index contributed by atoms with van der Waals surface area (Å²) in [4.78, 5) is 0. The van der Waals surface area contributed by atoms with Gasteiger partial charge in [0.2, 0.25) is 0 Å². The molecule has 1 heterocycles. The Morgan fingerprint density at radius 3 is 2.48 bits per heavy atom. The Bertz CT molecular complexity index is 1120. The first-order chi connectivity index (χ1) is 13.5. The van der Waals surface area contributed by atoms with E-state index in [2.05, 4.69) is 42.7 Å². The summed E-state index contributed by atoms with van der Waals surface area (Å²) in [7, 11) is 0. The molecule has 2 nitrogen and oxygen atoms in total. The minimum atomic E-state index is -0.188. The molecule has 4 rings (SSSR count). The maximum Gasteiger partial charge on any atom is 1.00 e. The summed E-state index contributed by atoms with van der Waals surface area (Å²) < 4.78 is 21.9. The molecule has 4 aromatic rings. The Kier molecular flexibility index (Phi) is 6.84. The first-order valence-electron chi connectivity index (χ1n) is 9.54. The van der Waals surface area contributed by atoms with Gasteiger partial charge in [-0.05, 0) is 53.9 Å². The van der Waals surface area contributed by atoms with Gasteiger partial charge in [0, 0.05) is 7.11 Å². The van der Waals surface area contributed by atoms with Crippen molar-refractivity contribution in [3.63, 3.8) is 0 Å². The van der Waals surface area contributed by atoms with Crippen LogP contribution in [0, 0.1) is 18.8 Å². The molecular weight excluding hydrogens is 372 g/mol. The van der Waals surface area contributed by atoms with E-state index in [4.69, 9.17) is 4.74 Å². The SMILES string of the molecule is Cc1cc(-n2c(C(C)C)[c-]c3cc(OCc4ccccc4)ccc32)ccc1F.[HH].[Na+]. The van der Waals surface area contributed by atoms with Crippen molar-refractivity contribution in [2.24, 2.45) is 0 Å². The van der Waals surface area contributed by atoms with E-state index >= 15 is 0 Å². The van der Waals surface area contributed by atoms with Crippen LogP contribution in [0.2, 0.25) is 0 Å². The van der Waals surface area contributed by atoms with Gasteiger partial charge in [-0.2, -0.15) is 11.5 Å². The molecule has 0 amide bonds. The van der Waals surface area contributed by atoms with E-state index in [1.54, 1.807) is 6.92 Å². The van der Waals surface area contributed by atoms with Crippen molar-refractivity contribution in [3.8, 4) is 11.4 Å². The number of aromatic nitrogens is 1. The van der Waals surface area contributed by atoms with Crippen LogP contribution in [0.3, 0.4) is 0 Å².